The summed E-state index contributed by atoms with van der Waals surface area (Å²) < 4.78 is 8.18. The summed E-state index contributed by atoms with van der Waals surface area (Å²) in [6.45, 7) is 9.47. The number of para-hydroxylation sites is 3. The van der Waals surface area contributed by atoms with Gasteiger partial charge in [-0.2, -0.15) is 0 Å². The lowest BCUT2D eigenvalue weighted by Gasteiger charge is -2.20. The third-order valence-corrected chi connectivity index (χ3v) is 5.62. The number of aliphatic hydroxyl groups is 1. The zero-order valence-electron chi connectivity index (χ0n) is 17.4. The van der Waals surface area contributed by atoms with Gasteiger partial charge in [0.2, 0.25) is 0 Å². The van der Waals surface area contributed by atoms with Crippen LogP contribution in [0.25, 0.3) is 11.0 Å². The molecule has 3 unspecified atom stereocenters. The van der Waals surface area contributed by atoms with Crippen LogP contribution in [0.4, 0.5) is 0 Å². The summed E-state index contributed by atoms with van der Waals surface area (Å²) in [5.41, 5.74) is 3.25. The predicted octanol–water partition coefficient (Wildman–Crippen LogP) is 5.50. The minimum absolute atomic E-state index is 0.264. The maximum atomic E-state index is 10.7. The van der Waals surface area contributed by atoms with Crippen molar-refractivity contribution in [3.05, 3.63) is 59.9 Å². The lowest BCUT2D eigenvalue weighted by Crippen LogP contribution is -2.25. The molecule has 0 amide bonds. The van der Waals surface area contributed by atoms with E-state index in [0.29, 0.717) is 18.4 Å². The Morgan fingerprint density at radius 1 is 0.964 bits per heavy atom. The highest BCUT2D eigenvalue weighted by Crippen LogP contribution is 2.29. The molecule has 28 heavy (non-hydrogen) atoms. The number of aliphatic hydroxyl groups excluding tert-OH is 1. The van der Waals surface area contributed by atoms with E-state index in [0.717, 1.165) is 35.4 Å². The Morgan fingerprint density at radius 2 is 1.64 bits per heavy atom. The van der Waals surface area contributed by atoms with Gasteiger partial charge in [-0.05, 0) is 42.5 Å². The summed E-state index contributed by atoms with van der Waals surface area (Å²) in [5.74, 6) is 2.67. The van der Waals surface area contributed by atoms with Gasteiger partial charge in [0.1, 0.15) is 24.3 Å². The second kappa shape index (κ2) is 9.24. The second-order valence-corrected chi connectivity index (χ2v) is 7.69. The van der Waals surface area contributed by atoms with E-state index in [1.165, 1.54) is 5.56 Å². The largest absolute Gasteiger partial charge is 0.491 e. The molecule has 4 nitrogen and oxygen atoms in total. The Morgan fingerprint density at radius 3 is 2.39 bits per heavy atom. The zero-order valence-corrected chi connectivity index (χ0v) is 17.4. The molecule has 0 spiro atoms. The van der Waals surface area contributed by atoms with E-state index in [1.54, 1.807) is 0 Å². The third-order valence-electron chi connectivity index (χ3n) is 5.62. The van der Waals surface area contributed by atoms with Crippen LogP contribution in [0.3, 0.4) is 0 Å². The maximum absolute atomic E-state index is 10.7. The topological polar surface area (TPSA) is 47.3 Å². The SMILES string of the molecule is CCC(C)c1ccccc1OCC(O)Cn1c(C(C)CC)nc2ccccc21. The highest BCUT2D eigenvalue weighted by molar-refractivity contribution is 5.76. The summed E-state index contributed by atoms with van der Waals surface area (Å²) in [6, 6.07) is 16.3. The number of hydrogen-bond acceptors (Lipinski definition) is 3. The number of fused-ring (bicyclic) bond motifs is 1. The molecule has 0 aliphatic carbocycles. The van der Waals surface area contributed by atoms with E-state index in [-0.39, 0.29) is 6.61 Å². The molecular formula is C24H32N2O2. The Labute approximate surface area is 168 Å². The first kappa shape index (κ1) is 20.4. The zero-order chi connectivity index (χ0) is 20.1. The summed E-state index contributed by atoms with van der Waals surface area (Å²) in [4.78, 5) is 4.81. The van der Waals surface area contributed by atoms with Crippen LogP contribution in [0.5, 0.6) is 5.75 Å². The van der Waals surface area contributed by atoms with Crippen LogP contribution >= 0.6 is 0 Å². The van der Waals surface area contributed by atoms with E-state index in [1.807, 2.05) is 36.4 Å². The Kier molecular flexibility index (Phi) is 6.74. The van der Waals surface area contributed by atoms with Crippen LogP contribution in [0.15, 0.2) is 48.5 Å². The van der Waals surface area contributed by atoms with Gasteiger partial charge in [0, 0.05) is 5.92 Å². The van der Waals surface area contributed by atoms with Gasteiger partial charge in [-0.3, -0.25) is 0 Å². The Balaban J connectivity index is 1.76. The molecule has 4 heteroatoms. The lowest BCUT2D eigenvalue weighted by molar-refractivity contribution is 0.0918. The van der Waals surface area contributed by atoms with Gasteiger partial charge < -0.3 is 14.4 Å². The summed E-state index contributed by atoms with van der Waals surface area (Å²) in [5, 5.41) is 10.7. The molecule has 150 valence electrons. The molecule has 3 rings (SSSR count). The average molecular weight is 381 g/mol. The molecule has 0 aliphatic rings. The van der Waals surface area contributed by atoms with E-state index in [9.17, 15) is 5.11 Å². The highest BCUT2D eigenvalue weighted by Gasteiger charge is 2.18. The molecular weight excluding hydrogens is 348 g/mol. The normalized spacial score (nSPS) is 14.8. The Bertz CT molecular complexity index is 903. The van der Waals surface area contributed by atoms with Gasteiger partial charge in [0.25, 0.3) is 0 Å². The standard InChI is InChI=1S/C24H32N2O2/c1-5-17(3)20-11-7-10-14-23(20)28-16-19(27)15-26-22-13-9-8-12-21(22)25-24(26)18(4)6-2/h7-14,17-19,27H,5-6,15-16H2,1-4H3. The minimum Gasteiger partial charge on any atom is -0.491 e. The van der Waals surface area contributed by atoms with Crippen molar-refractivity contribution >= 4 is 11.0 Å². The minimum atomic E-state index is -0.606. The molecule has 1 heterocycles. The van der Waals surface area contributed by atoms with E-state index in [2.05, 4.69) is 44.4 Å². The van der Waals surface area contributed by atoms with E-state index in [4.69, 9.17) is 9.72 Å². The van der Waals surface area contributed by atoms with Crippen LogP contribution in [-0.2, 0) is 6.54 Å². The quantitative estimate of drug-likeness (QED) is 0.533. The van der Waals surface area contributed by atoms with Crippen LogP contribution in [0.2, 0.25) is 0 Å². The van der Waals surface area contributed by atoms with Crippen LogP contribution in [0.1, 0.15) is 63.8 Å². The van der Waals surface area contributed by atoms with E-state index < -0.39 is 6.10 Å². The molecule has 1 N–H and O–H groups in total. The fraction of sp³-hybridized carbons (Fsp3) is 0.458. The van der Waals surface area contributed by atoms with Crippen molar-refractivity contribution in [2.24, 2.45) is 0 Å². The van der Waals surface area contributed by atoms with Crippen molar-refractivity contribution in [1.82, 2.24) is 9.55 Å². The second-order valence-electron chi connectivity index (χ2n) is 7.69. The van der Waals surface area contributed by atoms with Gasteiger partial charge in [0.15, 0.2) is 0 Å². The molecule has 0 saturated carbocycles. The molecule has 3 atom stereocenters. The lowest BCUT2D eigenvalue weighted by atomic mass is 9.98. The first-order valence-electron chi connectivity index (χ1n) is 10.4. The van der Waals surface area contributed by atoms with Gasteiger partial charge in [-0.25, -0.2) is 4.98 Å². The number of benzene rings is 2. The van der Waals surface area contributed by atoms with E-state index >= 15 is 0 Å². The van der Waals surface area contributed by atoms with Crippen molar-refractivity contribution in [1.29, 1.82) is 0 Å². The van der Waals surface area contributed by atoms with Gasteiger partial charge in [0.05, 0.1) is 17.6 Å². The van der Waals surface area contributed by atoms with Crippen molar-refractivity contribution in [3.8, 4) is 5.75 Å². The molecule has 1 aromatic heterocycles. The fourth-order valence-electron chi connectivity index (χ4n) is 3.53. The number of rotatable bonds is 9. The van der Waals surface area contributed by atoms with Crippen molar-refractivity contribution in [2.45, 2.75) is 65.0 Å². The van der Waals surface area contributed by atoms with Gasteiger partial charge >= 0.3 is 0 Å². The number of hydrogen-bond donors (Lipinski definition) is 1. The van der Waals surface area contributed by atoms with Crippen molar-refractivity contribution in [2.75, 3.05) is 6.61 Å². The van der Waals surface area contributed by atoms with Gasteiger partial charge in [-0.15, -0.1) is 0 Å². The summed E-state index contributed by atoms with van der Waals surface area (Å²) >= 11 is 0. The molecule has 2 aromatic carbocycles. The molecule has 3 aromatic rings. The van der Waals surface area contributed by atoms with Crippen LogP contribution < -0.4 is 4.74 Å². The third kappa shape index (κ3) is 4.39. The molecule has 0 aliphatic heterocycles. The molecule has 0 radical (unpaired) electrons. The van der Waals surface area contributed by atoms with Crippen LogP contribution in [-0.4, -0.2) is 27.4 Å². The fourth-order valence-corrected chi connectivity index (χ4v) is 3.53. The number of imidazole rings is 1. The van der Waals surface area contributed by atoms with Crippen LogP contribution in [0, 0.1) is 0 Å². The average Bonchev–Trinajstić information content (AvgIpc) is 3.09. The summed E-state index contributed by atoms with van der Waals surface area (Å²) in [7, 11) is 0. The maximum Gasteiger partial charge on any atom is 0.122 e. The molecule has 0 saturated heterocycles. The highest BCUT2D eigenvalue weighted by atomic mass is 16.5. The first-order valence-corrected chi connectivity index (χ1v) is 10.4. The number of nitrogens with zero attached hydrogens (tertiary/aromatic N) is 2. The monoisotopic (exact) mass is 380 g/mol. The van der Waals surface area contributed by atoms with Crippen molar-refractivity contribution < 1.29 is 9.84 Å². The first-order chi connectivity index (χ1) is 13.5. The van der Waals surface area contributed by atoms with Gasteiger partial charge in [-0.1, -0.05) is 58.0 Å². The predicted molar refractivity (Wildman–Crippen MR) is 115 cm³/mol. The molecule has 0 fully saturated rings. The Hall–Kier alpha value is -2.33. The number of aromatic nitrogens is 2. The smallest absolute Gasteiger partial charge is 0.122 e. The summed E-state index contributed by atoms with van der Waals surface area (Å²) in [6.07, 6.45) is 1.46. The number of ether oxygens (including phenoxy) is 1. The van der Waals surface area contributed by atoms with Crippen molar-refractivity contribution in [3.63, 3.8) is 0 Å². The molecule has 0 bridgehead atoms.